The Morgan fingerprint density at radius 2 is 1.92 bits per heavy atom. The highest BCUT2D eigenvalue weighted by Crippen LogP contribution is 2.27. The van der Waals surface area contributed by atoms with E-state index in [0.717, 1.165) is 0 Å². The van der Waals surface area contributed by atoms with Crippen molar-refractivity contribution in [1.82, 2.24) is 9.97 Å². The van der Waals surface area contributed by atoms with Crippen molar-refractivity contribution in [2.24, 2.45) is 0 Å². The summed E-state index contributed by atoms with van der Waals surface area (Å²) in [4.78, 5) is 19.4. The second kappa shape index (κ2) is 8.15. The van der Waals surface area contributed by atoms with Crippen LogP contribution in [0.1, 0.15) is 22.8 Å². The normalized spacial score (nSPS) is 11.1. The second-order valence-electron chi connectivity index (χ2n) is 4.71. The zero-order chi connectivity index (χ0) is 18.4. The van der Waals surface area contributed by atoms with Gasteiger partial charge in [-0.15, -0.1) is 13.2 Å². The van der Waals surface area contributed by atoms with Crippen molar-refractivity contribution >= 4 is 27.8 Å². The number of aromatic nitrogens is 2. The van der Waals surface area contributed by atoms with Gasteiger partial charge >= 0.3 is 12.3 Å². The lowest BCUT2D eigenvalue weighted by molar-refractivity contribution is -0.274. The minimum Gasteiger partial charge on any atom is -0.462 e. The van der Waals surface area contributed by atoms with Crippen LogP contribution in [-0.2, 0) is 11.3 Å². The number of halogens is 4. The summed E-state index contributed by atoms with van der Waals surface area (Å²) in [6.07, 6.45) is -2.17. The molecule has 0 bridgehead atoms. The van der Waals surface area contributed by atoms with E-state index in [1.165, 1.54) is 24.5 Å². The van der Waals surface area contributed by atoms with Crippen molar-refractivity contribution < 1.29 is 27.4 Å². The second-order valence-corrected chi connectivity index (χ2v) is 5.63. The molecule has 1 aromatic heterocycles. The molecular weight excluding hydrogens is 407 g/mol. The minimum atomic E-state index is -4.77. The Morgan fingerprint density at radius 3 is 2.52 bits per heavy atom. The van der Waals surface area contributed by atoms with Crippen molar-refractivity contribution in [3.8, 4) is 5.75 Å². The third-order valence-corrected chi connectivity index (χ3v) is 3.24. The largest absolute Gasteiger partial charge is 0.573 e. The molecule has 25 heavy (non-hydrogen) atoms. The number of hydrogen-bond donors (Lipinski definition) is 1. The first-order valence-electron chi connectivity index (χ1n) is 7.05. The zero-order valence-corrected chi connectivity index (χ0v) is 14.5. The monoisotopic (exact) mass is 419 g/mol. The fraction of sp³-hybridized carbons (Fsp3) is 0.267. The molecule has 1 aromatic carbocycles. The molecule has 0 aliphatic carbocycles. The number of rotatable bonds is 6. The molecule has 0 fully saturated rings. The smallest absolute Gasteiger partial charge is 0.462 e. The molecule has 1 heterocycles. The molecule has 1 N–H and O–H groups in total. The van der Waals surface area contributed by atoms with Gasteiger partial charge in [-0.25, -0.2) is 14.8 Å². The Bertz CT molecular complexity index is 739. The van der Waals surface area contributed by atoms with E-state index in [1.54, 1.807) is 13.0 Å². The maximum absolute atomic E-state index is 12.3. The number of nitrogens with one attached hydrogen (secondary N) is 1. The predicted molar refractivity (Wildman–Crippen MR) is 86.1 cm³/mol. The molecule has 2 aromatic rings. The maximum Gasteiger partial charge on any atom is 0.573 e. The van der Waals surface area contributed by atoms with Crippen molar-refractivity contribution in [3.63, 3.8) is 0 Å². The Morgan fingerprint density at radius 1 is 1.24 bits per heavy atom. The van der Waals surface area contributed by atoms with Gasteiger partial charge in [0.25, 0.3) is 0 Å². The minimum absolute atomic E-state index is 0.159. The van der Waals surface area contributed by atoms with E-state index in [2.05, 4.69) is 36.0 Å². The summed E-state index contributed by atoms with van der Waals surface area (Å²) in [5.74, 6) is -0.654. The van der Waals surface area contributed by atoms with Gasteiger partial charge in [0, 0.05) is 23.4 Å². The third kappa shape index (κ3) is 6.22. The molecule has 0 unspecified atom stereocenters. The number of benzene rings is 1. The van der Waals surface area contributed by atoms with Gasteiger partial charge in [-0.3, -0.25) is 0 Å². The Hall–Kier alpha value is -2.36. The average molecular weight is 420 g/mol. The molecule has 0 amide bonds. The van der Waals surface area contributed by atoms with E-state index in [0.29, 0.717) is 10.0 Å². The maximum atomic E-state index is 12.3. The van der Waals surface area contributed by atoms with E-state index in [1.807, 2.05) is 0 Å². The molecule has 0 atom stereocenters. The van der Waals surface area contributed by atoms with Gasteiger partial charge in [0.2, 0.25) is 5.95 Å². The average Bonchev–Trinajstić information content (AvgIpc) is 2.51. The lowest BCUT2D eigenvalue weighted by atomic mass is 10.2. The lowest BCUT2D eigenvalue weighted by Crippen LogP contribution is -2.17. The number of alkyl halides is 3. The first-order valence-corrected chi connectivity index (χ1v) is 7.84. The van der Waals surface area contributed by atoms with E-state index in [9.17, 15) is 18.0 Å². The topological polar surface area (TPSA) is 73.3 Å². The molecule has 0 radical (unpaired) electrons. The van der Waals surface area contributed by atoms with Crippen LogP contribution in [0, 0.1) is 0 Å². The molecule has 0 aliphatic rings. The van der Waals surface area contributed by atoms with Gasteiger partial charge < -0.3 is 14.8 Å². The van der Waals surface area contributed by atoms with Gasteiger partial charge in [-0.05, 0) is 30.7 Å². The molecule has 0 spiro atoms. The Kier molecular flexibility index (Phi) is 6.18. The van der Waals surface area contributed by atoms with Crippen LogP contribution in [0.2, 0.25) is 0 Å². The number of esters is 1. The number of hydrogen-bond acceptors (Lipinski definition) is 6. The van der Waals surface area contributed by atoms with E-state index in [4.69, 9.17) is 4.74 Å². The SMILES string of the molecule is CCOC(=O)c1cnc(NCc2cc(Br)cc(OC(F)(F)F)c2)nc1. The van der Waals surface area contributed by atoms with Crippen LogP contribution in [0.4, 0.5) is 19.1 Å². The summed E-state index contributed by atoms with van der Waals surface area (Å²) < 4.78 is 46.1. The number of carbonyl (C=O) groups is 1. The highest BCUT2D eigenvalue weighted by molar-refractivity contribution is 9.10. The molecule has 0 aliphatic heterocycles. The number of ether oxygens (including phenoxy) is 2. The zero-order valence-electron chi connectivity index (χ0n) is 12.9. The highest BCUT2D eigenvalue weighted by Gasteiger charge is 2.31. The molecular formula is C15H13BrF3N3O3. The number of carbonyl (C=O) groups excluding carboxylic acids is 1. The fourth-order valence-corrected chi connectivity index (χ4v) is 2.36. The first kappa shape index (κ1) is 19.0. The predicted octanol–water partition coefficient (Wildman–Crippen LogP) is 3.93. The third-order valence-electron chi connectivity index (χ3n) is 2.78. The van der Waals surface area contributed by atoms with Crippen LogP contribution in [0.25, 0.3) is 0 Å². The van der Waals surface area contributed by atoms with Crippen LogP contribution in [0.5, 0.6) is 5.75 Å². The van der Waals surface area contributed by atoms with Crippen LogP contribution < -0.4 is 10.1 Å². The van der Waals surface area contributed by atoms with Gasteiger partial charge in [-0.1, -0.05) is 15.9 Å². The highest BCUT2D eigenvalue weighted by atomic mass is 79.9. The molecule has 10 heteroatoms. The van der Waals surface area contributed by atoms with E-state index >= 15 is 0 Å². The summed E-state index contributed by atoms with van der Waals surface area (Å²) in [5.41, 5.74) is 0.724. The van der Waals surface area contributed by atoms with E-state index < -0.39 is 12.3 Å². The lowest BCUT2D eigenvalue weighted by Gasteiger charge is -2.11. The summed E-state index contributed by atoms with van der Waals surface area (Å²) in [5, 5.41) is 2.84. The molecule has 6 nitrogen and oxygen atoms in total. The molecule has 2 rings (SSSR count). The number of anilines is 1. The first-order chi connectivity index (χ1) is 11.8. The van der Waals surface area contributed by atoms with Gasteiger partial charge in [0.05, 0.1) is 12.2 Å². The van der Waals surface area contributed by atoms with Crippen LogP contribution in [0.15, 0.2) is 35.1 Å². The molecule has 0 saturated heterocycles. The van der Waals surface area contributed by atoms with Crippen molar-refractivity contribution in [2.45, 2.75) is 19.8 Å². The standard InChI is InChI=1S/C15H13BrF3N3O3/c1-2-24-13(23)10-7-21-14(22-8-10)20-6-9-3-11(16)5-12(4-9)25-15(17,18)19/h3-5,7-8H,2,6H2,1H3,(H,20,21,22). The van der Waals surface area contributed by atoms with Crippen LogP contribution >= 0.6 is 15.9 Å². The molecule has 134 valence electrons. The quantitative estimate of drug-likeness (QED) is 0.715. The fourth-order valence-electron chi connectivity index (χ4n) is 1.84. The Balaban J connectivity index is 2.02. The Labute approximate surface area is 149 Å². The van der Waals surface area contributed by atoms with Gasteiger partial charge in [0.1, 0.15) is 5.75 Å². The number of nitrogens with zero attached hydrogens (tertiary/aromatic N) is 2. The van der Waals surface area contributed by atoms with E-state index in [-0.39, 0.29) is 30.4 Å². The van der Waals surface area contributed by atoms with Crippen LogP contribution in [-0.4, -0.2) is 28.9 Å². The summed E-state index contributed by atoms with van der Waals surface area (Å²) in [6, 6.07) is 4.09. The van der Waals surface area contributed by atoms with Crippen LogP contribution in [0.3, 0.4) is 0 Å². The van der Waals surface area contributed by atoms with Crippen molar-refractivity contribution in [2.75, 3.05) is 11.9 Å². The summed E-state index contributed by atoms with van der Waals surface area (Å²) in [6.45, 7) is 2.08. The summed E-state index contributed by atoms with van der Waals surface area (Å²) >= 11 is 3.13. The molecule has 0 saturated carbocycles. The summed E-state index contributed by atoms with van der Waals surface area (Å²) in [7, 11) is 0. The van der Waals surface area contributed by atoms with Crippen molar-refractivity contribution in [1.29, 1.82) is 0 Å². The van der Waals surface area contributed by atoms with Gasteiger partial charge in [0.15, 0.2) is 0 Å². The van der Waals surface area contributed by atoms with Crippen molar-refractivity contribution in [3.05, 3.63) is 46.2 Å². The van der Waals surface area contributed by atoms with Gasteiger partial charge in [-0.2, -0.15) is 0 Å².